The molecule has 0 saturated carbocycles. The standard InChI is InChI=1S/C28H27N5O3S2/c1-33-11-9-21(10-12-33)36-25-14-19(18-3-6-22(7-4-18)38(2,34)35)13-24-27(25)28(30-16-29-24)32-20-5-8-23-26(15-20)37-17-31-23/h3-8,13-17,21H,9-12H2,1-2H3,(H,29,30,32). The first-order chi connectivity index (χ1) is 18.3. The van der Waals surface area contributed by atoms with Crippen LogP contribution in [0.2, 0.25) is 0 Å². The minimum atomic E-state index is -3.27. The van der Waals surface area contributed by atoms with Crippen LogP contribution < -0.4 is 10.1 Å². The van der Waals surface area contributed by atoms with Gasteiger partial charge in [0.05, 0.1) is 31.5 Å². The average molecular weight is 546 g/mol. The van der Waals surface area contributed by atoms with Gasteiger partial charge in [0.15, 0.2) is 9.84 Å². The highest BCUT2D eigenvalue weighted by atomic mass is 32.2. The summed E-state index contributed by atoms with van der Waals surface area (Å²) in [5.74, 6) is 1.38. The number of benzene rings is 3. The van der Waals surface area contributed by atoms with Crippen molar-refractivity contribution in [3.63, 3.8) is 0 Å². The molecule has 0 amide bonds. The minimum Gasteiger partial charge on any atom is -0.489 e. The monoisotopic (exact) mass is 545 g/mol. The number of nitrogens with zero attached hydrogens (tertiary/aromatic N) is 4. The summed E-state index contributed by atoms with van der Waals surface area (Å²) < 4.78 is 31.6. The van der Waals surface area contributed by atoms with Crippen molar-refractivity contribution < 1.29 is 13.2 Å². The molecule has 1 fully saturated rings. The Balaban J connectivity index is 1.43. The highest BCUT2D eigenvalue weighted by molar-refractivity contribution is 7.90. The fourth-order valence-electron chi connectivity index (χ4n) is 4.75. The zero-order valence-corrected chi connectivity index (χ0v) is 22.7. The van der Waals surface area contributed by atoms with Crippen LogP contribution in [0.4, 0.5) is 11.5 Å². The molecule has 194 valence electrons. The third kappa shape index (κ3) is 5.07. The molecule has 6 rings (SSSR count). The molecule has 0 aliphatic carbocycles. The third-order valence-corrected chi connectivity index (χ3v) is 8.79. The van der Waals surface area contributed by atoms with Crippen LogP contribution in [0.1, 0.15) is 12.8 Å². The number of aromatic nitrogens is 3. The molecule has 0 radical (unpaired) electrons. The molecule has 10 heteroatoms. The van der Waals surface area contributed by atoms with Crippen molar-refractivity contribution in [3.8, 4) is 16.9 Å². The number of hydrogen-bond donors (Lipinski definition) is 1. The van der Waals surface area contributed by atoms with Crippen LogP contribution in [-0.4, -0.2) is 60.8 Å². The van der Waals surface area contributed by atoms with Crippen molar-refractivity contribution >= 4 is 53.8 Å². The molecule has 5 aromatic rings. The van der Waals surface area contributed by atoms with E-state index < -0.39 is 9.84 Å². The lowest BCUT2D eigenvalue weighted by molar-refractivity contribution is 0.116. The SMILES string of the molecule is CN1CCC(Oc2cc(-c3ccc(S(C)(=O)=O)cc3)cc3ncnc(Nc4ccc5ncsc5c4)c23)CC1. The van der Waals surface area contributed by atoms with Gasteiger partial charge in [-0.1, -0.05) is 12.1 Å². The number of rotatable bonds is 6. The third-order valence-electron chi connectivity index (χ3n) is 6.87. The fourth-order valence-corrected chi connectivity index (χ4v) is 6.10. The molecule has 0 atom stereocenters. The van der Waals surface area contributed by atoms with Gasteiger partial charge in [-0.2, -0.15) is 0 Å². The first-order valence-corrected chi connectivity index (χ1v) is 15.2. The van der Waals surface area contributed by atoms with Crippen LogP contribution in [-0.2, 0) is 9.84 Å². The Kier molecular flexibility index (Phi) is 6.46. The second-order valence-corrected chi connectivity index (χ2v) is 12.6. The van der Waals surface area contributed by atoms with E-state index in [9.17, 15) is 8.42 Å². The molecule has 1 N–H and O–H groups in total. The molecule has 1 aliphatic rings. The number of ether oxygens (including phenoxy) is 1. The van der Waals surface area contributed by atoms with Gasteiger partial charge in [0.1, 0.15) is 24.0 Å². The van der Waals surface area contributed by atoms with E-state index in [2.05, 4.69) is 38.3 Å². The summed E-state index contributed by atoms with van der Waals surface area (Å²) in [4.78, 5) is 16.1. The van der Waals surface area contributed by atoms with Crippen LogP contribution in [0, 0.1) is 0 Å². The number of fused-ring (bicyclic) bond motifs is 2. The van der Waals surface area contributed by atoms with Crippen molar-refractivity contribution in [3.05, 3.63) is 66.4 Å². The summed E-state index contributed by atoms with van der Waals surface area (Å²) in [5, 5.41) is 4.28. The van der Waals surface area contributed by atoms with Crippen LogP contribution in [0.3, 0.4) is 0 Å². The Morgan fingerprint density at radius 1 is 0.947 bits per heavy atom. The summed E-state index contributed by atoms with van der Waals surface area (Å²) in [6.45, 7) is 1.96. The van der Waals surface area contributed by atoms with E-state index in [4.69, 9.17) is 4.74 Å². The van der Waals surface area contributed by atoms with E-state index in [1.807, 2.05) is 41.9 Å². The molecule has 1 aliphatic heterocycles. The quantitative estimate of drug-likeness (QED) is 0.298. The maximum atomic E-state index is 11.9. The predicted molar refractivity (Wildman–Crippen MR) is 152 cm³/mol. The van der Waals surface area contributed by atoms with Gasteiger partial charge in [0.2, 0.25) is 0 Å². The Morgan fingerprint density at radius 3 is 2.50 bits per heavy atom. The smallest absolute Gasteiger partial charge is 0.175 e. The highest BCUT2D eigenvalue weighted by Gasteiger charge is 2.21. The molecule has 3 aromatic carbocycles. The largest absolute Gasteiger partial charge is 0.489 e. The van der Waals surface area contributed by atoms with Gasteiger partial charge in [-0.05, 0) is 73.5 Å². The Bertz CT molecular complexity index is 1730. The highest BCUT2D eigenvalue weighted by Crippen LogP contribution is 2.38. The van der Waals surface area contributed by atoms with Crippen molar-refractivity contribution in [2.24, 2.45) is 0 Å². The zero-order chi connectivity index (χ0) is 26.3. The van der Waals surface area contributed by atoms with Gasteiger partial charge in [-0.25, -0.2) is 23.4 Å². The molecular weight excluding hydrogens is 518 g/mol. The number of piperidine rings is 1. The average Bonchev–Trinajstić information content (AvgIpc) is 3.37. The van der Waals surface area contributed by atoms with E-state index >= 15 is 0 Å². The van der Waals surface area contributed by atoms with Crippen LogP contribution in [0.5, 0.6) is 5.75 Å². The molecule has 1 saturated heterocycles. The molecule has 2 aromatic heterocycles. The molecule has 0 bridgehead atoms. The van der Waals surface area contributed by atoms with Crippen LogP contribution in [0.25, 0.3) is 32.2 Å². The van der Waals surface area contributed by atoms with Gasteiger partial charge < -0.3 is 15.0 Å². The second-order valence-electron chi connectivity index (χ2n) is 9.67. The van der Waals surface area contributed by atoms with Crippen LogP contribution >= 0.6 is 11.3 Å². The molecule has 0 spiro atoms. The van der Waals surface area contributed by atoms with Crippen molar-refractivity contribution in [2.45, 2.75) is 23.8 Å². The zero-order valence-electron chi connectivity index (χ0n) is 21.1. The minimum absolute atomic E-state index is 0.0823. The van der Waals surface area contributed by atoms with E-state index in [-0.39, 0.29) is 11.0 Å². The van der Waals surface area contributed by atoms with Crippen molar-refractivity contribution in [1.82, 2.24) is 19.9 Å². The number of nitrogens with one attached hydrogen (secondary N) is 1. The number of anilines is 2. The lowest BCUT2D eigenvalue weighted by Gasteiger charge is -2.30. The Morgan fingerprint density at radius 2 is 1.74 bits per heavy atom. The summed E-state index contributed by atoms with van der Waals surface area (Å²) in [5.41, 5.74) is 6.24. The van der Waals surface area contributed by atoms with Crippen molar-refractivity contribution in [1.29, 1.82) is 0 Å². The molecule has 38 heavy (non-hydrogen) atoms. The van der Waals surface area contributed by atoms with Gasteiger partial charge >= 0.3 is 0 Å². The molecular formula is C28H27N5O3S2. The number of hydrogen-bond acceptors (Lipinski definition) is 9. The molecule has 0 unspecified atom stereocenters. The summed E-state index contributed by atoms with van der Waals surface area (Å²) >= 11 is 1.59. The maximum Gasteiger partial charge on any atom is 0.175 e. The molecule has 8 nitrogen and oxygen atoms in total. The Hall–Kier alpha value is -3.60. The predicted octanol–water partition coefficient (Wildman–Crippen LogP) is 5.53. The van der Waals surface area contributed by atoms with Gasteiger partial charge in [-0.15, -0.1) is 11.3 Å². The maximum absolute atomic E-state index is 11.9. The van der Waals surface area contributed by atoms with E-state index in [0.29, 0.717) is 11.6 Å². The lowest BCUT2D eigenvalue weighted by Crippen LogP contribution is -2.35. The fraction of sp³-hybridized carbons (Fsp3) is 0.250. The van der Waals surface area contributed by atoms with Crippen LogP contribution in [0.15, 0.2) is 71.3 Å². The topological polar surface area (TPSA) is 97.3 Å². The van der Waals surface area contributed by atoms with E-state index in [1.54, 1.807) is 29.8 Å². The van der Waals surface area contributed by atoms with E-state index in [1.165, 1.54) is 6.26 Å². The summed E-state index contributed by atoms with van der Waals surface area (Å²) in [6.07, 6.45) is 4.71. The van der Waals surface area contributed by atoms with Gasteiger partial charge in [0.25, 0.3) is 0 Å². The summed E-state index contributed by atoms with van der Waals surface area (Å²) in [7, 11) is -1.15. The van der Waals surface area contributed by atoms with E-state index in [0.717, 1.165) is 63.9 Å². The normalized spacial score (nSPS) is 15.2. The Labute approximate surface area is 225 Å². The summed E-state index contributed by atoms with van der Waals surface area (Å²) in [6, 6.07) is 17.0. The number of sulfone groups is 1. The van der Waals surface area contributed by atoms with Gasteiger partial charge in [0, 0.05) is 25.0 Å². The number of thiazole rings is 1. The number of likely N-dealkylation sites (tertiary alicyclic amines) is 1. The van der Waals surface area contributed by atoms with Gasteiger partial charge in [-0.3, -0.25) is 0 Å². The lowest BCUT2D eigenvalue weighted by atomic mass is 10.0. The van der Waals surface area contributed by atoms with Crippen molar-refractivity contribution in [2.75, 3.05) is 31.7 Å². The first-order valence-electron chi connectivity index (χ1n) is 12.4. The molecule has 3 heterocycles. The first kappa shape index (κ1) is 24.7. The second kappa shape index (κ2) is 9.94.